The molecule has 0 aliphatic rings. The van der Waals surface area contributed by atoms with Crippen molar-refractivity contribution >= 4 is 5.69 Å². The van der Waals surface area contributed by atoms with Crippen molar-refractivity contribution < 1.29 is 13.2 Å². The monoisotopic (exact) mass is 357 g/mol. The van der Waals surface area contributed by atoms with Crippen molar-refractivity contribution in [3.05, 3.63) is 84.3 Å². The van der Waals surface area contributed by atoms with Crippen LogP contribution in [0.25, 0.3) is 11.3 Å². The molecule has 0 bridgehead atoms. The number of nitrogens with one attached hydrogen (secondary N) is 1. The normalized spacial score (nSPS) is 11.4. The lowest BCUT2D eigenvalue weighted by Gasteiger charge is -2.08. The highest BCUT2D eigenvalue weighted by Gasteiger charge is 2.31. The topological polar surface area (TPSA) is 29.9 Å². The van der Waals surface area contributed by atoms with Crippen LogP contribution in [0.1, 0.15) is 11.3 Å². The Labute approximate surface area is 149 Å². The third-order valence-electron chi connectivity index (χ3n) is 4.10. The van der Waals surface area contributed by atoms with Crippen LogP contribution >= 0.6 is 0 Å². The van der Waals surface area contributed by atoms with E-state index in [4.69, 9.17) is 0 Å². The molecule has 0 spiro atoms. The minimum Gasteiger partial charge on any atom is -0.381 e. The minimum absolute atomic E-state index is 0.262. The molecule has 0 atom stereocenters. The first-order valence-electron chi connectivity index (χ1n) is 8.04. The molecule has 1 N–H and O–H groups in total. The fourth-order valence-corrected chi connectivity index (χ4v) is 2.60. The second kappa shape index (κ2) is 7.07. The molecule has 0 radical (unpaired) electrons. The summed E-state index contributed by atoms with van der Waals surface area (Å²) < 4.78 is 42.5. The van der Waals surface area contributed by atoms with Gasteiger partial charge in [-0.05, 0) is 35.9 Å². The van der Waals surface area contributed by atoms with Crippen molar-refractivity contribution in [2.24, 2.45) is 7.05 Å². The van der Waals surface area contributed by atoms with Crippen LogP contribution in [0.3, 0.4) is 0 Å². The zero-order chi connectivity index (χ0) is 18.7. The van der Waals surface area contributed by atoms with E-state index in [0.717, 1.165) is 11.3 Å². The van der Waals surface area contributed by atoms with Crippen LogP contribution in [0.5, 0.6) is 0 Å². The molecule has 1 heterocycles. The van der Waals surface area contributed by atoms with Gasteiger partial charge in [-0.2, -0.15) is 13.9 Å². The zero-order valence-corrected chi connectivity index (χ0v) is 14.2. The van der Waals surface area contributed by atoms with Gasteiger partial charge in [-0.1, -0.05) is 36.9 Å². The fraction of sp³-hybridized carbons (Fsp3) is 0.150. The van der Waals surface area contributed by atoms with Gasteiger partial charge >= 0.3 is 5.92 Å². The summed E-state index contributed by atoms with van der Waals surface area (Å²) in [7, 11) is 1.61. The number of allylic oxidation sites excluding steroid dienone is 1. The van der Waals surface area contributed by atoms with Crippen LogP contribution in [0.2, 0.25) is 0 Å². The Balaban J connectivity index is 1.76. The van der Waals surface area contributed by atoms with E-state index >= 15 is 0 Å². The van der Waals surface area contributed by atoms with Crippen LogP contribution in [-0.2, 0) is 19.5 Å². The Morgan fingerprint density at radius 1 is 1.15 bits per heavy atom. The highest BCUT2D eigenvalue weighted by Crippen LogP contribution is 2.31. The molecule has 0 amide bonds. The summed E-state index contributed by atoms with van der Waals surface area (Å²) in [5, 5.41) is 7.01. The van der Waals surface area contributed by atoms with Crippen molar-refractivity contribution in [1.29, 1.82) is 0 Å². The molecule has 6 heteroatoms. The van der Waals surface area contributed by atoms with E-state index < -0.39 is 5.92 Å². The van der Waals surface area contributed by atoms with Gasteiger partial charge in [0, 0.05) is 24.8 Å². The predicted octanol–water partition coefficient (Wildman–Crippen LogP) is 5.12. The summed E-state index contributed by atoms with van der Waals surface area (Å²) in [6.07, 6.45) is 0.578. The van der Waals surface area contributed by atoms with Crippen LogP contribution in [0.4, 0.5) is 18.9 Å². The van der Waals surface area contributed by atoms with E-state index in [-0.39, 0.29) is 11.5 Å². The molecule has 1 aromatic heterocycles. The summed E-state index contributed by atoms with van der Waals surface area (Å²) in [5.41, 5.74) is 2.35. The van der Waals surface area contributed by atoms with Crippen LogP contribution in [-0.4, -0.2) is 9.78 Å². The van der Waals surface area contributed by atoms with Gasteiger partial charge in [0.15, 0.2) is 0 Å². The van der Waals surface area contributed by atoms with Crippen molar-refractivity contribution in [3.63, 3.8) is 0 Å². The summed E-state index contributed by atoms with van der Waals surface area (Å²) in [4.78, 5) is 0. The molecular formula is C20H18F3N3. The number of hydrogen-bond donors (Lipinski definition) is 1. The molecule has 3 aromatic rings. The maximum Gasteiger partial charge on any atom is 0.309 e. The van der Waals surface area contributed by atoms with Gasteiger partial charge in [0.05, 0.1) is 5.69 Å². The first kappa shape index (κ1) is 17.8. The third-order valence-corrected chi connectivity index (χ3v) is 4.10. The van der Waals surface area contributed by atoms with E-state index in [0.29, 0.717) is 23.9 Å². The lowest BCUT2D eigenvalue weighted by molar-refractivity contribution is 0.0470. The number of benzene rings is 2. The number of aryl methyl sites for hydroxylation is 1. The Kier molecular flexibility index (Phi) is 4.84. The number of anilines is 1. The van der Waals surface area contributed by atoms with Gasteiger partial charge in [0.25, 0.3) is 0 Å². The molecule has 0 aliphatic carbocycles. The highest BCUT2D eigenvalue weighted by atomic mass is 19.3. The van der Waals surface area contributed by atoms with Gasteiger partial charge in [0.1, 0.15) is 11.5 Å². The minimum atomic E-state index is -3.17. The maximum atomic E-state index is 13.7. The molecule has 0 unspecified atom stereocenters. The molecular weight excluding hydrogens is 339 g/mol. The van der Waals surface area contributed by atoms with Crippen LogP contribution < -0.4 is 5.32 Å². The zero-order valence-electron chi connectivity index (χ0n) is 14.2. The smallest absolute Gasteiger partial charge is 0.309 e. The second-order valence-corrected chi connectivity index (χ2v) is 5.89. The molecule has 0 fully saturated rings. The number of aromatic nitrogens is 2. The summed E-state index contributed by atoms with van der Waals surface area (Å²) >= 11 is 0. The average molecular weight is 357 g/mol. The summed E-state index contributed by atoms with van der Waals surface area (Å²) in [6, 6.07) is 15.1. The van der Waals surface area contributed by atoms with Crippen LogP contribution in [0.15, 0.2) is 67.3 Å². The molecule has 0 saturated heterocycles. The first-order chi connectivity index (χ1) is 12.4. The molecule has 26 heavy (non-hydrogen) atoms. The van der Waals surface area contributed by atoms with Gasteiger partial charge in [-0.3, -0.25) is 4.68 Å². The van der Waals surface area contributed by atoms with E-state index in [9.17, 15) is 13.2 Å². The highest BCUT2D eigenvalue weighted by molar-refractivity contribution is 5.63. The summed E-state index contributed by atoms with van der Waals surface area (Å²) in [5.74, 6) is -3.43. The van der Waals surface area contributed by atoms with E-state index in [2.05, 4.69) is 17.0 Å². The van der Waals surface area contributed by atoms with Crippen molar-refractivity contribution in [3.8, 4) is 11.3 Å². The summed E-state index contributed by atoms with van der Waals surface area (Å²) in [6.45, 7) is 3.50. The quantitative estimate of drug-likeness (QED) is 0.621. The Morgan fingerprint density at radius 2 is 1.85 bits per heavy atom. The Morgan fingerprint density at radius 3 is 2.50 bits per heavy atom. The van der Waals surface area contributed by atoms with E-state index in [1.54, 1.807) is 37.4 Å². The predicted molar refractivity (Wildman–Crippen MR) is 96.5 cm³/mol. The SMILES string of the molecule is C=CC(F)(F)c1cc(-c2ccc(NCc3ccccc3F)cc2)n(C)n1. The van der Waals surface area contributed by atoms with Crippen molar-refractivity contribution in [2.45, 2.75) is 12.5 Å². The van der Waals surface area contributed by atoms with Crippen LogP contribution in [0, 0.1) is 5.82 Å². The fourth-order valence-electron chi connectivity index (χ4n) is 2.60. The molecule has 2 aromatic carbocycles. The third kappa shape index (κ3) is 3.64. The first-order valence-corrected chi connectivity index (χ1v) is 8.04. The van der Waals surface area contributed by atoms with Crippen molar-refractivity contribution in [2.75, 3.05) is 5.32 Å². The van der Waals surface area contributed by atoms with Gasteiger partial charge < -0.3 is 5.32 Å². The van der Waals surface area contributed by atoms with Gasteiger partial charge in [-0.15, -0.1) is 0 Å². The number of hydrogen-bond acceptors (Lipinski definition) is 2. The average Bonchev–Trinajstić information content (AvgIpc) is 3.04. The number of nitrogens with zero attached hydrogens (tertiary/aromatic N) is 2. The van der Waals surface area contributed by atoms with E-state index in [1.807, 2.05) is 12.1 Å². The van der Waals surface area contributed by atoms with Gasteiger partial charge in [0.2, 0.25) is 0 Å². The maximum absolute atomic E-state index is 13.7. The Hall–Kier alpha value is -3.02. The Bertz CT molecular complexity index is 914. The molecule has 3 nitrogen and oxygen atoms in total. The molecule has 3 rings (SSSR count). The standard InChI is InChI=1S/C20H18F3N3/c1-3-20(22,23)19-12-18(26(2)25-19)14-8-10-16(11-9-14)24-13-15-6-4-5-7-17(15)21/h3-12,24H,1,13H2,2H3. The molecule has 0 aliphatic heterocycles. The largest absolute Gasteiger partial charge is 0.381 e. The molecule has 134 valence electrons. The number of alkyl halides is 2. The second-order valence-electron chi connectivity index (χ2n) is 5.89. The number of rotatable bonds is 6. The molecule has 0 saturated carbocycles. The number of halogens is 3. The van der Waals surface area contributed by atoms with Crippen molar-refractivity contribution in [1.82, 2.24) is 9.78 Å². The lowest BCUT2D eigenvalue weighted by Crippen LogP contribution is -2.10. The lowest BCUT2D eigenvalue weighted by atomic mass is 10.1. The van der Waals surface area contributed by atoms with E-state index in [1.165, 1.54) is 16.8 Å². The van der Waals surface area contributed by atoms with Gasteiger partial charge in [-0.25, -0.2) is 4.39 Å².